The van der Waals surface area contributed by atoms with Gasteiger partial charge in [-0.15, -0.1) is 35.3 Å². The second-order valence-electron chi connectivity index (χ2n) is 7.39. The van der Waals surface area contributed by atoms with Crippen LogP contribution in [0.15, 0.2) is 46.8 Å². The first-order valence-corrected chi connectivity index (χ1v) is 10.9. The van der Waals surface area contributed by atoms with Crippen LogP contribution in [0, 0.1) is 6.92 Å². The number of guanidine groups is 1. The summed E-state index contributed by atoms with van der Waals surface area (Å²) in [6.45, 7) is 10.4. The molecular weight excluding hydrogens is 479 g/mol. The molecule has 0 spiro atoms. The Labute approximate surface area is 190 Å². The Morgan fingerprint density at radius 2 is 2.04 bits per heavy atom. The summed E-state index contributed by atoms with van der Waals surface area (Å²) in [4.78, 5) is 8.75. The SMILES string of the molecule is CCNC(=NCc1sccc1C)NC1CCN(Cc2ccccc2)C(C)C1.I. The molecule has 1 aliphatic heterocycles. The van der Waals surface area contributed by atoms with E-state index in [9.17, 15) is 0 Å². The highest BCUT2D eigenvalue weighted by Crippen LogP contribution is 2.20. The normalized spacial score (nSPS) is 20.5. The Hall–Kier alpha value is -1.12. The number of thiophene rings is 1. The van der Waals surface area contributed by atoms with Gasteiger partial charge in [0.1, 0.15) is 0 Å². The molecule has 2 aromatic rings. The fourth-order valence-corrected chi connectivity index (χ4v) is 4.46. The molecule has 28 heavy (non-hydrogen) atoms. The molecule has 6 heteroatoms. The Bertz CT molecular complexity index is 731. The van der Waals surface area contributed by atoms with Crippen LogP contribution < -0.4 is 10.6 Å². The van der Waals surface area contributed by atoms with Gasteiger partial charge in [-0.25, -0.2) is 4.99 Å². The van der Waals surface area contributed by atoms with Crippen molar-refractivity contribution in [3.63, 3.8) is 0 Å². The van der Waals surface area contributed by atoms with Crippen LogP contribution in [0.4, 0.5) is 0 Å². The van der Waals surface area contributed by atoms with E-state index < -0.39 is 0 Å². The molecule has 2 N–H and O–H groups in total. The Kier molecular flexibility index (Phi) is 9.74. The van der Waals surface area contributed by atoms with Crippen molar-refractivity contribution in [1.82, 2.24) is 15.5 Å². The maximum absolute atomic E-state index is 4.81. The Morgan fingerprint density at radius 3 is 2.68 bits per heavy atom. The lowest BCUT2D eigenvalue weighted by Gasteiger charge is -2.38. The number of hydrogen-bond donors (Lipinski definition) is 2. The van der Waals surface area contributed by atoms with E-state index >= 15 is 0 Å². The van der Waals surface area contributed by atoms with E-state index in [0.29, 0.717) is 12.1 Å². The summed E-state index contributed by atoms with van der Waals surface area (Å²) < 4.78 is 0. The summed E-state index contributed by atoms with van der Waals surface area (Å²) >= 11 is 1.79. The van der Waals surface area contributed by atoms with Crippen LogP contribution in [0.2, 0.25) is 0 Å². The second kappa shape index (κ2) is 11.8. The van der Waals surface area contributed by atoms with Crippen LogP contribution in [0.3, 0.4) is 0 Å². The van der Waals surface area contributed by atoms with Crippen molar-refractivity contribution in [3.05, 3.63) is 57.8 Å². The number of likely N-dealkylation sites (tertiary alicyclic amines) is 1. The van der Waals surface area contributed by atoms with Gasteiger partial charge in [0.15, 0.2) is 5.96 Å². The Morgan fingerprint density at radius 1 is 1.25 bits per heavy atom. The van der Waals surface area contributed by atoms with E-state index in [4.69, 9.17) is 4.99 Å². The van der Waals surface area contributed by atoms with Crippen molar-refractivity contribution < 1.29 is 0 Å². The molecule has 0 aliphatic carbocycles. The van der Waals surface area contributed by atoms with E-state index in [0.717, 1.165) is 45.0 Å². The van der Waals surface area contributed by atoms with E-state index in [1.54, 1.807) is 11.3 Å². The zero-order valence-corrected chi connectivity index (χ0v) is 20.3. The van der Waals surface area contributed by atoms with Crippen LogP contribution in [0.5, 0.6) is 0 Å². The predicted octanol–water partition coefficient (Wildman–Crippen LogP) is 4.78. The molecule has 2 unspecified atom stereocenters. The lowest BCUT2D eigenvalue weighted by Crippen LogP contribution is -2.51. The molecule has 1 aliphatic rings. The first-order valence-electron chi connectivity index (χ1n) is 10.0. The third kappa shape index (κ3) is 6.74. The van der Waals surface area contributed by atoms with Gasteiger partial charge in [-0.1, -0.05) is 30.3 Å². The molecule has 1 aromatic heterocycles. The number of aliphatic imine (C=N–C) groups is 1. The molecule has 0 radical (unpaired) electrons. The summed E-state index contributed by atoms with van der Waals surface area (Å²) in [7, 11) is 0. The average Bonchev–Trinajstić information content (AvgIpc) is 3.08. The molecule has 0 saturated carbocycles. The van der Waals surface area contributed by atoms with Crippen molar-refractivity contribution >= 4 is 41.3 Å². The van der Waals surface area contributed by atoms with E-state index in [-0.39, 0.29) is 24.0 Å². The number of benzene rings is 1. The van der Waals surface area contributed by atoms with Gasteiger partial charge in [0.05, 0.1) is 6.54 Å². The molecule has 2 atom stereocenters. The Balaban J connectivity index is 0.00000280. The lowest BCUT2D eigenvalue weighted by atomic mass is 9.97. The van der Waals surface area contributed by atoms with E-state index in [2.05, 4.69) is 78.1 Å². The van der Waals surface area contributed by atoms with Crippen LogP contribution >= 0.6 is 35.3 Å². The number of aryl methyl sites for hydroxylation is 1. The van der Waals surface area contributed by atoms with Crippen LogP contribution in [0.1, 0.15) is 42.7 Å². The number of piperidine rings is 1. The van der Waals surface area contributed by atoms with Crippen molar-refractivity contribution in [2.75, 3.05) is 13.1 Å². The minimum absolute atomic E-state index is 0. The quantitative estimate of drug-likeness (QED) is 0.333. The van der Waals surface area contributed by atoms with Gasteiger partial charge in [-0.2, -0.15) is 0 Å². The van der Waals surface area contributed by atoms with Gasteiger partial charge in [-0.3, -0.25) is 4.90 Å². The maximum Gasteiger partial charge on any atom is 0.191 e. The van der Waals surface area contributed by atoms with Crippen molar-refractivity contribution in [3.8, 4) is 0 Å². The zero-order valence-electron chi connectivity index (χ0n) is 17.1. The van der Waals surface area contributed by atoms with Gasteiger partial charge >= 0.3 is 0 Å². The minimum atomic E-state index is 0. The summed E-state index contributed by atoms with van der Waals surface area (Å²) in [6.07, 6.45) is 2.30. The van der Waals surface area contributed by atoms with Crippen LogP contribution in [-0.2, 0) is 13.1 Å². The highest BCUT2D eigenvalue weighted by atomic mass is 127. The topological polar surface area (TPSA) is 39.7 Å². The van der Waals surface area contributed by atoms with Crippen LogP contribution in [0.25, 0.3) is 0 Å². The summed E-state index contributed by atoms with van der Waals surface area (Å²) in [5.41, 5.74) is 2.74. The number of rotatable bonds is 6. The van der Waals surface area contributed by atoms with E-state index in [1.165, 1.54) is 16.0 Å². The third-order valence-corrected chi connectivity index (χ3v) is 6.28. The molecule has 2 heterocycles. The highest BCUT2D eigenvalue weighted by Gasteiger charge is 2.25. The van der Waals surface area contributed by atoms with Crippen molar-refractivity contribution in [1.29, 1.82) is 0 Å². The molecule has 1 fully saturated rings. The minimum Gasteiger partial charge on any atom is -0.357 e. The maximum atomic E-state index is 4.81. The highest BCUT2D eigenvalue weighted by molar-refractivity contribution is 14.0. The van der Waals surface area contributed by atoms with Gasteiger partial charge in [0, 0.05) is 36.6 Å². The summed E-state index contributed by atoms with van der Waals surface area (Å²) in [6, 6.07) is 14.0. The van der Waals surface area contributed by atoms with Crippen LogP contribution in [-0.4, -0.2) is 36.0 Å². The standard InChI is InChI=1S/C22H32N4S.HI/c1-4-23-22(24-15-21-17(2)11-13-27-21)25-20-10-12-26(18(3)14-20)16-19-8-6-5-7-9-19;/h5-9,11,13,18,20H,4,10,12,14-16H2,1-3H3,(H2,23,24,25);1H. The summed E-state index contributed by atoms with van der Waals surface area (Å²) in [5.74, 6) is 0.944. The molecule has 0 amide bonds. The third-order valence-electron chi connectivity index (χ3n) is 5.28. The van der Waals surface area contributed by atoms with E-state index in [1.807, 2.05) is 0 Å². The van der Waals surface area contributed by atoms with Gasteiger partial charge in [0.25, 0.3) is 0 Å². The number of hydrogen-bond acceptors (Lipinski definition) is 3. The van der Waals surface area contributed by atoms with Crippen molar-refractivity contribution in [2.24, 2.45) is 4.99 Å². The fourth-order valence-electron chi connectivity index (χ4n) is 3.63. The number of halogens is 1. The molecule has 3 rings (SSSR count). The number of nitrogens with one attached hydrogen (secondary N) is 2. The average molecular weight is 513 g/mol. The fraction of sp³-hybridized carbons (Fsp3) is 0.500. The second-order valence-corrected chi connectivity index (χ2v) is 8.39. The largest absolute Gasteiger partial charge is 0.357 e. The monoisotopic (exact) mass is 512 g/mol. The lowest BCUT2D eigenvalue weighted by molar-refractivity contribution is 0.134. The molecule has 1 aromatic carbocycles. The van der Waals surface area contributed by atoms with Gasteiger partial charge in [-0.05, 0) is 56.2 Å². The molecule has 1 saturated heterocycles. The molecular formula is C22H33IN4S. The summed E-state index contributed by atoms with van der Waals surface area (Å²) in [5, 5.41) is 9.22. The molecule has 4 nitrogen and oxygen atoms in total. The first kappa shape index (κ1) is 23.2. The molecule has 0 bridgehead atoms. The smallest absolute Gasteiger partial charge is 0.191 e. The first-order chi connectivity index (χ1) is 13.2. The van der Waals surface area contributed by atoms with Gasteiger partial charge in [0.2, 0.25) is 0 Å². The predicted molar refractivity (Wildman–Crippen MR) is 132 cm³/mol. The van der Waals surface area contributed by atoms with Crippen molar-refractivity contribution in [2.45, 2.75) is 58.8 Å². The zero-order chi connectivity index (χ0) is 19.1. The van der Waals surface area contributed by atoms with Gasteiger partial charge < -0.3 is 10.6 Å². The molecule has 154 valence electrons. The number of nitrogens with zero attached hydrogens (tertiary/aromatic N) is 2.